The van der Waals surface area contributed by atoms with E-state index in [9.17, 15) is 4.79 Å². The standard InChI is InChI=1S/C14H29N3O.ClH/c1-10(2)8-17-6-5-12(9-17)7-16-14(18)13(15)11(3)4;/h10-13H,5-9,15H2,1-4H3,(H,16,18);1H/t12?,13-;/m0./s1. The maximum atomic E-state index is 11.8. The van der Waals surface area contributed by atoms with Gasteiger partial charge in [-0.05, 0) is 30.7 Å². The number of hydrogen-bond donors (Lipinski definition) is 2. The van der Waals surface area contributed by atoms with E-state index in [1.54, 1.807) is 0 Å². The van der Waals surface area contributed by atoms with Crippen LogP contribution in [0.4, 0.5) is 0 Å². The van der Waals surface area contributed by atoms with Crippen molar-refractivity contribution in [2.75, 3.05) is 26.2 Å². The first kappa shape index (κ1) is 18.7. The molecule has 1 amide bonds. The van der Waals surface area contributed by atoms with E-state index in [1.807, 2.05) is 13.8 Å². The van der Waals surface area contributed by atoms with Gasteiger partial charge in [0.15, 0.2) is 0 Å². The molecule has 0 aromatic heterocycles. The van der Waals surface area contributed by atoms with Crippen LogP contribution in [0.1, 0.15) is 34.1 Å². The third-order valence-corrected chi connectivity index (χ3v) is 3.58. The number of halogens is 1. The summed E-state index contributed by atoms with van der Waals surface area (Å²) < 4.78 is 0. The molecule has 5 heteroatoms. The molecular formula is C14H30ClN3O. The van der Waals surface area contributed by atoms with Gasteiger partial charge >= 0.3 is 0 Å². The minimum Gasteiger partial charge on any atom is -0.354 e. The molecular weight excluding hydrogens is 262 g/mol. The summed E-state index contributed by atoms with van der Waals surface area (Å²) in [5.74, 6) is 1.50. The van der Waals surface area contributed by atoms with Crippen LogP contribution in [0.25, 0.3) is 0 Å². The van der Waals surface area contributed by atoms with Gasteiger partial charge in [0, 0.05) is 19.6 Å². The number of hydrogen-bond acceptors (Lipinski definition) is 3. The van der Waals surface area contributed by atoms with E-state index in [0.29, 0.717) is 11.8 Å². The van der Waals surface area contributed by atoms with Crippen molar-refractivity contribution >= 4 is 18.3 Å². The first-order valence-corrected chi connectivity index (χ1v) is 7.15. The van der Waals surface area contributed by atoms with Crippen LogP contribution in [-0.4, -0.2) is 43.0 Å². The molecule has 1 fully saturated rings. The van der Waals surface area contributed by atoms with Crippen LogP contribution in [0.15, 0.2) is 0 Å². The monoisotopic (exact) mass is 291 g/mol. The molecule has 1 heterocycles. The van der Waals surface area contributed by atoms with Crippen LogP contribution in [0.3, 0.4) is 0 Å². The molecule has 0 saturated carbocycles. The van der Waals surface area contributed by atoms with Gasteiger partial charge < -0.3 is 16.0 Å². The lowest BCUT2D eigenvalue weighted by Gasteiger charge is -2.19. The third-order valence-electron chi connectivity index (χ3n) is 3.58. The molecule has 3 N–H and O–H groups in total. The summed E-state index contributed by atoms with van der Waals surface area (Å²) >= 11 is 0. The highest BCUT2D eigenvalue weighted by Gasteiger charge is 2.24. The molecule has 1 rings (SSSR count). The Morgan fingerprint density at radius 1 is 1.37 bits per heavy atom. The van der Waals surface area contributed by atoms with Gasteiger partial charge in [0.1, 0.15) is 0 Å². The van der Waals surface area contributed by atoms with E-state index >= 15 is 0 Å². The number of nitrogens with two attached hydrogens (primary N) is 1. The van der Waals surface area contributed by atoms with E-state index in [4.69, 9.17) is 5.73 Å². The molecule has 2 atom stereocenters. The largest absolute Gasteiger partial charge is 0.354 e. The fourth-order valence-electron chi connectivity index (χ4n) is 2.43. The maximum Gasteiger partial charge on any atom is 0.237 e. The predicted molar refractivity (Wildman–Crippen MR) is 82.5 cm³/mol. The van der Waals surface area contributed by atoms with Crippen molar-refractivity contribution in [3.05, 3.63) is 0 Å². The summed E-state index contributed by atoms with van der Waals surface area (Å²) in [5.41, 5.74) is 5.82. The highest BCUT2D eigenvalue weighted by Crippen LogP contribution is 2.16. The molecule has 0 spiro atoms. The summed E-state index contributed by atoms with van der Waals surface area (Å²) in [6.07, 6.45) is 1.18. The first-order valence-electron chi connectivity index (χ1n) is 7.15. The lowest BCUT2D eigenvalue weighted by Crippen LogP contribution is -2.45. The second-order valence-electron chi connectivity index (χ2n) is 6.32. The zero-order chi connectivity index (χ0) is 13.7. The zero-order valence-electron chi connectivity index (χ0n) is 12.7. The Morgan fingerprint density at radius 2 is 2.00 bits per heavy atom. The molecule has 0 bridgehead atoms. The van der Waals surface area contributed by atoms with Crippen molar-refractivity contribution in [3.63, 3.8) is 0 Å². The number of nitrogens with zero attached hydrogens (tertiary/aromatic N) is 1. The topological polar surface area (TPSA) is 58.4 Å². The molecule has 0 aromatic carbocycles. The molecule has 1 aliphatic rings. The molecule has 19 heavy (non-hydrogen) atoms. The van der Waals surface area contributed by atoms with Crippen LogP contribution in [-0.2, 0) is 4.79 Å². The SMILES string of the molecule is CC(C)CN1CCC(CNC(=O)[C@@H](N)C(C)C)C1.Cl. The Bertz CT molecular complexity index is 271. The molecule has 0 aliphatic carbocycles. The lowest BCUT2D eigenvalue weighted by atomic mass is 10.0. The fraction of sp³-hybridized carbons (Fsp3) is 0.929. The van der Waals surface area contributed by atoms with Crippen LogP contribution in [0.2, 0.25) is 0 Å². The highest BCUT2D eigenvalue weighted by atomic mass is 35.5. The Balaban J connectivity index is 0.00000324. The van der Waals surface area contributed by atoms with Crippen LogP contribution in [0.5, 0.6) is 0 Å². The highest BCUT2D eigenvalue weighted by molar-refractivity contribution is 5.85. The lowest BCUT2D eigenvalue weighted by molar-refractivity contribution is -0.123. The van der Waals surface area contributed by atoms with Crippen molar-refractivity contribution in [1.82, 2.24) is 10.2 Å². The summed E-state index contributed by atoms with van der Waals surface area (Å²) in [7, 11) is 0. The van der Waals surface area contributed by atoms with E-state index in [-0.39, 0.29) is 30.3 Å². The molecule has 4 nitrogen and oxygen atoms in total. The number of amides is 1. The predicted octanol–water partition coefficient (Wildman–Crippen LogP) is 1.49. The van der Waals surface area contributed by atoms with Crippen molar-refractivity contribution in [2.45, 2.75) is 40.2 Å². The van der Waals surface area contributed by atoms with E-state index in [0.717, 1.165) is 26.2 Å². The summed E-state index contributed by atoms with van der Waals surface area (Å²) in [6.45, 7) is 12.6. The third kappa shape index (κ3) is 6.59. The first-order chi connectivity index (χ1) is 8.40. The summed E-state index contributed by atoms with van der Waals surface area (Å²) in [6, 6.07) is -0.377. The summed E-state index contributed by atoms with van der Waals surface area (Å²) in [5, 5.41) is 2.99. The normalized spacial score (nSPS) is 21.5. The van der Waals surface area contributed by atoms with Crippen molar-refractivity contribution in [1.29, 1.82) is 0 Å². The Morgan fingerprint density at radius 3 is 2.53 bits per heavy atom. The number of rotatable bonds is 6. The van der Waals surface area contributed by atoms with E-state index < -0.39 is 0 Å². The Labute approximate surface area is 123 Å². The van der Waals surface area contributed by atoms with Gasteiger partial charge in [0.2, 0.25) is 5.91 Å². The molecule has 114 valence electrons. The smallest absolute Gasteiger partial charge is 0.237 e. The van der Waals surface area contributed by atoms with Gasteiger partial charge in [-0.2, -0.15) is 0 Å². The molecule has 1 saturated heterocycles. The molecule has 0 radical (unpaired) electrons. The Hall–Kier alpha value is -0.320. The number of nitrogens with one attached hydrogen (secondary N) is 1. The Kier molecular flexibility index (Phi) is 8.62. The van der Waals surface area contributed by atoms with E-state index in [1.165, 1.54) is 6.42 Å². The quantitative estimate of drug-likeness (QED) is 0.779. The van der Waals surface area contributed by atoms with Crippen molar-refractivity contribution in [3.8, 4) is 0 Å². The number of carbonyl (C=O) groups is 1. The number of likely N-dealkylation sites (tertiary alicyclic amines) is 1. The molecule has 1 aliphatic heterocycles. The van der Waals surface area contributed by atoms with Gasteiger partial charge in [0.05, 0.1) is 6.04 Å². The second kappa shape index (κ2) is 8.77. The van der Waals surface area contributed by atoms with Crippen molar-refractivity contribution in [2.24, 2.45) is 23.5 Å². The summed E-state index contributed by atoms with van der Waals surface area (Å²) in [4.78, 5) is 14.2. The molecule has 1 unspecified atom stereocenters. The van der Waals surface area contributed by atoms with Crippen LogP contribution >= 0.6 is 12.4 Å². The minimum atomic E-state index is -0.377. The fourth-order valence-corrected chi connectivity index (χ4v) is 2.43. The van der Waals surface area contributed by atoms with Gasteiger partial charge in [-0.1, -0.05) is 27.7 Å². The maximum absolute atomic E-state index is 11.8. The van der Waals surface area contributed by atoms with Gasteiger partial charge in [-0.3, -0.25) is 4.79 Å². The average Bonchev–Trinajstić information content (AvgIpc) is 2.71. The van der Waals surface area contributed by atoms with Crippen LogP contribution < -0.4 is 11.1 Å². The minimum absolute atomic E-state index is 0. The van der Waals surface area contributed by atoms with Crippen LogP contribution in [0, 0.1) is 17.8 Å². The van der Waals surface area contributed by atoms with Crippen molar-refractivity contribution < 1.29 is 4.79 Å². The average molecular weight is 292 g/mol. The van der Waals surface area contributed by atoms with Gasteiger partial charge in [-0.15, -0.1) is 12.4 Å². The second-order valence-corrected chi connectivity index (χ2v) is 6.32. The zero-order valence-corrected chi connectivity index (χ0v) is 13.5. The number of carbonyl (C=O) groups excluding carboxylic acids is 1. The molecule has 0 aromatic rings. The van der Waals surface area contributed by atoms with E-state index in [2.05, 4.69) is 24.1 Å². The van der Waals surface area contributed by atoms with Gasteiger partial charge in [-0.25, -0.2) is 0 Å². The van der Waals surface area contributed by atoms with Gasteiger partial charge in [0.25, 0.3) is 0 Å².